The minimum atomic E-state index is -1.50. The van der Waals surface area contributed by atoms with Gasteiger partial charge < -0.3 is 19.5 Å². The average Bonchev–Trinajstić information content (AvgIpc) is 2.36. The van der Waals surface area contributed by atoms with Crippen LogP contribution in [0.15, 0.2) is 18.2 Å². The quantitative estimate of drug-likeness (QED) is 0.744. The number of ether oxygens (including phenoxy) is 2. The molecule has 100 valence electrons. The zero-order valence-corrected chi connectivity index (χ0v) is 11.4. The highest BCUT2D eigenvalue weighted by Gasteiger charge is 2.20. The molecule has 0 saturated carbocycles. The van der Waals surface area contributed by atoms with Crippen LogP contribution in [-0.2, 0) is 11.3 Å². The molecule has 1 rings (SSSR count). The van der Waals surface area contributed by atoms with Crippen LogP contribution in [-0.4, -0.2) is 29.9 Å². The third-order valence-electron chi connectivity index (χ3n) is 3.10. The molecule has 0 bridgehead atoms. The molecule has 5 heteroatoms. The summed E-state index contributed by atoms with van der Waals surface area (Å²) in [5.41, 5.74) is 0.939. The molecule has 0 aliphatic carbocycles. The molecule has 1 aromatic rings. The van der Waals surface area contributed by atoms with Crippen molar-refractivity contribution in [1.82, 2.24) is 0 Å². The molecule has 0 atom stereocenters. The van der Waals surface area contributed by atoms with Gasteiger partial charge in [-0.3, -0.25) is 0 Å². The Morgan fingerprint density at radius 2 is 1.94 bits per heavy atom. The summed E-state index contributed by atoms with van der Waals surface area (Å²) in [6, 6.07) is 5.10. The lowest BCUT2D eigenvalue weighted by Gasteiger charge is -2.24. The summed E-state index contributed by atoms with van der Waals surface area (Å²) in [5.74, 6) is 0.673. The Labute approximate surface area is 109 Å². The highest BCUT2D eigenvalue weighted by molar-refractivity contribution is 6.59. The van der Waals surface area contributed by atoms with Gasteiger partial charge in [-0.1, -0.05) is 13.0 Å². The van der Waals surface area contributed by atoms with Gasteiger partial charge in [0.1, 0.15) is 5.75 Å². The van der Waals surface area contributed by atoms with Gasteiger partial charge in [0.2, 0.25) is 0 Å². The molecule has 0 saturated heterocycles. The second-order valence-electron chi connectivity index (χ2n) is 4.84. The van der Waals surface area contributed by atoms with E-state index in [-0.39, 0.29) is 5.60 Å². The average molecular weight is 252 g/mol. The number of hydrogen-bond acceptors (Lipinski definition) is 4. The largest absolute Gasteiger partial charge is 0.497 e. The minimum absolute atomic E-state index is 0.235. The van der Waals surface area contributed by atoms with Crippen molar-refractivity contribution in [2.75, 3.05) is 7.11 Å². The van der Waals surface area contributed by atoms with Gasteiger partial charge in [-0.2, -0.15) is 0 Å². The molecule has 0 aliphatic heterocycles. The minimum Gasteiger partial charge on any atom is -0.497 e. The van der Waals surface area contributed by atoms with E-state index in [0.717, 1.165) is 12.0 Å². The summed E-state index contributed by atoms with van der Waals surface area (Å²) in [4.78, 5) is 0. The van der Waals surface area contributed by atoms with E-state index >= 15 is 0 Å². The summed E-state index contributed by atoms with van der Waals surface area (Å²) in [7, 11) is 0.0737. The Bertz CT molecular complexity index is 391. The zero-order chi connectivity index (χ0) is 13.8. The van der Waals surface area contributed by atoms with Gasteiger partial charge in [0.25, 0.3) is 0 Å². The monoisotopic (exact) mass is 252 g/mol. The molecule has 0 radical (unpaired) electrons. The maximum atomic E-state index is 9.31. The van der Waals surface area contributed by atoms with Crippen LogP contribution in [0, 0.1) is 0 Å². The van der Waals surface area contributed by atoms with E-state index in [1.165, 1.54) is 0 Å². The van der Waals surface area contributed by atoms with Crippen molar-refractivity contribution < 1.29 is 19.5 Å². The fourth-order valence-electron chi connectivity index (χ4n) is 1.46. The topological polar surface area (TPSA) is 58.9 Å². The Morgan fingerprint density at radius 3 is 2.44 bits per heavy atom. The molecule has 4 nitrogen and oxygen atoms in total. The lowest BCUT2D eigenvalue weighted by molar-refractivity contribution is -0.0314. The van der Waals surface area contributed by atoms with Crippen molar-refractivity contribution in [3.05, 3.63) is 23.8 Å². The van der Waals surface area contributed by atoms with Crippen molar-refractivity contribution in [3.8, 4) is 5.75 Å². The van der Waals surface area contributed by atoms with Gasteiger partial charge in [0, 0.05) is 0 Å². The summed E-state index contributed by atoms with van der Waals surface area (Å²) in [6.45, 7) is 6.38. The van der Waals surface area contributed by atoms with E-state index in [1.807, 2.05) is 20.8 Å². The Kier molecular flexibility index (Phi) is 5.20. The van der Waals surface area contributed by atoms with Gasteiger partial charge in [-0.15, -0.1) is 0 Å². The van der Waals surface area contributed by atoms with Crippen molar-refractivity contribution in [3.63, 3.8) is 0 Å². The maximum Gasteiger partial charge on any atom is 0.488 e. The molecule has 0 heterocycles. The van der Waals surface area contributed by atoms with Crippen LogP contribution in [0.1, 0.15) is 32.8 Å². The SMILES string of the molecule is CCC(C)(C)OCc1cc(OC)ccc1B(O)O. The molecule has 0 unspecified atom stereocenters. The first kappa shape index (κ1) is 15.0. The third kappa shape index (κ3) is 4.01. The lowest BCUT2D eigenvalue weighted by atomic mass is 9.77. The number of methoxy groups -OCH3 is 1. The van der Waals surface area contributed by atoms with Crippen LogP contribution in [0.5, 0.6) is 5.75 Å². The molecule has 1 aromatic carbocycles. The highest BCUT2D eigenvalue weighted by atomic mass is 16.5. The van der Waals surface area contributed by atoms with Crippen LogP contribution >= 0.6 is 0 Å². The van der Waals surface area contributed by atoms with E-state index in [2.05, 4.69) is 0 Å². The fraction of sp³-hybridized carbons (Fsp3) is 0.538. The molecule has 0 amide bonds. The van der Waals surface area contributed by atoms with Crippen molar-refractivity contribution in [2.24, 2.45) is 0 Å². The first-order valence-electron chi connectivity index (χ1n) is 6.06. The Hall–Kier alpha value is -1.04. The van der Waals surface area contributed by atoms with Crippen LogP contribution in [0.2, 0.25) is 0 Å². The number of benzene rings is 1. The van der Waals surface area contributed by atoms with Gasteiger partial charge in [0.05, 0.1) is 19.3 Å². The molecule has 0 aliphatic rings. The van der Waals surface area contributed by atoms with Crippen molar-refractivity contribution in [1.29, 1.82) is 0 Å². The Morgan fingerprint density at radius 1 is 1.28 bits per heavy atom. The van der Waals surface area contributed by atoms with Crippen molar-refractivity contribution in [2.45, 2.75) is 39.4 Å². The second-order valence-corrected chi connectivity index (χ2v) is 4.84. The van der Waals surface area contributed by atoms with E-state index in [1.54, 1.807) is 25.3 Å². The fourth-order valence-corrected chi connectivity index (χ4v) is 1.46. The molecule has 18 heavy (non-hydrogen) atoms. The van der Waals surface area contributed by atoms with Crippen molar-refractivity contribution >= 4 is 12.6 Å². The maximum absolute atomic E-state index is 9.31. The molecule has 0 fully saturated rings. The molecular weight excluding hydrogens is 231 g/mol. The first-order chi connectivity index (χ1) is 8.39. The normalized spacial score (nSPS) is 11.4. The summed E-state index contributed by atoms with van der Waals surface area (Å²) >= 11 is 0. The zero-order valence-electron chi connectivity index (χ0n) is 11.4. The Balaban J connectivity index is 2.91. The van der Waals surface area contributed by atoms with E-state index in [9.17, 15) is 10.0 Å². The first-order valence-corrected chi connectivity index (χ1v) is 6.06. The summed E-state index contributed by atoms with van der Waals surface area (Å²) < 4.78 is 10.9. The van der Waals surface area contributed by atoms with Crippen LogP contribution < -0.4 is 10.2 Å². The van der Waals surface area contributed by atoms with Crippen LogP contribution in [0.3, 0.4) is 0 Å². The standard InChI is InChI=1S/C13H21BO4/c1-5-13(2,3)18-9-10-8-11(17-4)6-7-12(10)14(15)16/h6-8,15-16H,5,9H2,1-4H3. The van der Waals surface area contributed by atoms with Gasteiger partial charge in [-0.25, -0.2) is 0 Å². The summed E-state index contributed by atoms with van der Waals surface area (Å²) in [6.07, 6.45) is 0.883. The van der Waals surface area contributed by atoms with Crippen LogP contribution in [0.4, 0.5) is 0 Å². The molecule has 2 N–H and O–H groups in total. The van der Waals surface area contributed by atoms with Gasteiger partial charge in [-0.05, 0) is 43.4 Å². The lowest BCUT2D eigenvalue weighted by Crippen LogP contribution is -2.34. The smallest absolute Gasteiger partial charge is 0.488 e. The predicted molar refractivity (Wildman–Crippen MR) is 72.0 cm³/mol. The molecule has 0 spiro atoms. The van der Waals surface area contributed by atoms with E-state index in [4.69, 9.17) is 9.47 Å². The number of hydrogen-bond donors (Lipinski definition) is 2. The van der Waals surface area contributed by atoms with Gasteiger partial charge in [0.15, 0.2) is 0 Å². The van der Waals surface area contributed by atoms with E-state index in [0.29, 0.717) is 17.8 Å². The van der Waals surface area contributed by atoms with Crippen LogP contribution in [0.25, 0.3) is 0 Å². The highest BCUT2D eigenvalue weighted by Crippen LogP contribution is 2.18. The molecular formula is C13H21BO4. The van der Waals surface area contributed by atoms with Gasteiger partial charge >= 0.3 is 7.12 Å². The number of rotatable bonds is 6. The van der Waals surface area contributed by atoms with E-state index < -0.39 is 7.12 Å². The second kappa shape index (κ2) is 6.23. The predicted octanol–water partition coefficient (Wildman–Crippen LogP) is 1.08. The summed E-state index contributed by atoms with van der Waals surface area (Å²) in [5, 5.41) is 18.6. The third-order valence-corrected chi connectivity index (χ3v) is 3.10. The molecule has 0 aromatic heterocycles.